The van der Waals surface area contributed by atoms with Gasteiger partial charge in [-0.1, -0.05) is 87.2 Å². The summed E-state index contributed by atoms with van der Waals surface area (Å²) in [5.41, 5.74) is 3.38. The molecule has 0 amide bonds. The summed E-state index contributed by atoms with van der Waals surface area (Å²) in [5.74, 6) is 1.52. The third-order valence-corrected chi connectivity index (χ3v) is 6.09. The van der Waals surface area contributed by atoms with Crippen LogP contribution in [0, 0.1) is 0 Å². The molecule has 0 fully saturated rings. The lowest BCUT2D eigenvalue weighted by Gasteiger charge is -2.36. The van der Waals surface area contributed by atoms with Gasteiger partial charge in [0.2, 0.25) is 0 Å². The van der Waals surface area contributed by atoms with Crippen LogP contribution in [0.3, 0.4) is 0 Å². The smallest absolute Gasteiger partial charge is 0.119 e. The molecule has 3 rings (SSSR count). The Balaban J connectivity index is 2.07. The van der Waals surface area contributed by atoms with E-state index in [0.29, 0.717) is 0 Å². The van der Waals surface area contributed by atoms with Crippen LogP contribution in [0.4, 0.5) is 0 Å². The van der Waals surface area contributed by atoms with E-state index in [1.807, 2.05) is 24.3 Å². The molecule has 3 aromatic rings. The summed E-state index contributed by atoms with van der Waals surface area (Å²) in [5, 5.41) is 18.2. The Hall–Kier alpha value is -2.82. The second-order valence-corrected chi connectivity index (χ2v) is 8.27. The standard InChI is InChI=1S/C29H36O4/c1-2-3-4-8-19-29(24-9-6-5-7-10-24,25-11-15-27(16-12-25)32-22-20-30)26-13-17-28(18-14-26)33-23-21-31/h5-7,9-18,30-31H,2-4,8,19-23H2,1H3. The molecule has 2 N–H and O–H groups in total. The first-order valence-corrected chi connectivity index (χ1v) is 12.0. The normalized spacial score (nSPS) is 11.4. The molecular weight excluding hydrogens is 412 g/mol. The van der Waals surface area contributed by atoms with Gasteiger partial charge in [0.05, 0.1) is 13.2 Å². The second-order valence-electron chi connectivity index (χ2n) is 8.27. The van der Waals surface area contributed by atoms with Crippen LogP contribution in [-0.2, 0) is 5.41 Å². The van der Waals surface area contributed by atoms with E-state index in [2.05, 4.69) is 61.5 Å². The number of benzene rings is 3. The first-order chi connectivity index (χ1) is 16.2. The number of aliphatic hydroxyl groups is 2. The van der Waals surface area contributed by atoms with Gasteiger partial charge in [-0.2, -0.15) is 0 Å². The summed E-state index contributed by atoms with van der Waals surface area (Å²) in [6, 6.07) is 27.3. The van der Waals surface area contributed by atoms with E-state index in [0.717, 1.165) is 24.3 Å². The first kappa shape index (κ1) is 24.8. The Morgan fingerprint density at radius 2 is 1.09 bits per heavy atom. The Kier molecular flexibility index (Phi) is 9.79. The first-order valence-electron chi connectivity index (χ1n) is 12.0. The average Bonchev–Trinajstić information content (AvgIpc) is 2.88. The maximum absolute atomic E-state index is 9.08. The highest BCUT2D eigenvalue weighted by molar-refractivity contribution is 5.52. The average molecular weight is 449 g/mol. The van der Waals surface area contributed by atoms with E-state index in [4.69, 9.17) is 19.7 Å². The van der Waals surface area contributed by atoms with Gasteiger partial charge in [0.25, 0.3) is 0 Å². The third kappa shape index (κ3) is 6.37. The van der Waals surface area contributed by atoms with Gasteiger partial charge in [-0.3, -0.25) is 0 Å². The van der Waals surface area contributed by atoms with Crippen molar-refractivity contribution < 1.29 is 19.7 Å². The monoisotopic (exact) mass is 448 g/mol. The molecule has 0 spiro atoms. The van der Waals surface area contributed by atoms with Crippen molar-refractivity contribution in [1.29, 1.82) is 0 Å². The molecule has 4 nitrogen and oxygen atoms in total. The molecule has 3 aromatic carbocycles. The molecule has 0 aliphatic rings. The lowest BCUT2D eigenvalue weighted by atomic mass is 9.66. The summed E-state index contributed by atoms with van der Waals surface area (Å²) in [6.45, 7) is 2.81. The number of aliphatic hydroxyl groups excluding tert-OH is 2. The molecule has 0 saturated heterocycles. The van der Waals surface area contributed by atoms with Gasteiger partial charge < -0.3 is 19.7 Å². The maximum Gasteiger partial charge on any atom is 0.119 e. The zero-order chi connectivity index (χ0) is 23.4. The van der Waals surface area contributed by atoms with Gasteiger partial charge in [0.1, 0.15) is 24.7 Å². The van der Waals surface area contributed by atoms with E-state index in [1.54, 1.807) is 0 Å². The number of ether oxygens (including phenoxy) is 2. The molecule has 0 saturated carbocycles. The van der Waals surface area contributed by atoms with Gasteiger partial charge in [0, 0.05) is 5.41 Å². The van der Waals surface area contributed by atoms with Crippen LogP contribution < -0.4 is 9.47 Å². The SMILES string of the molecule is CCCCCCC(c1ccccc1)(c1ccc(OCCO)cc1)c1ccc(OCCO)cc1. The minimum Gasteiger partial charge on any atom is -0.491 e. The van der Waals surface area contributed by atoms with Crippen LogP contribution in [-0.4, -0.2) is 36.6 Å². The molecule has 0 bridgehead atoms. The molecule has 33 heavy (non-hydrogen) atoms. The molecule has 0 unspecified atom stereocenters. The number of hydrogen-bond donors (Lipinski definition) is 2. The number of hydrogen-bond acceptors (Lipinski definition) is 4. The highest BCUT2D eigenvalue weighted by atomic mass is 16.5. The summed E-state index contributed by atoms with van der Waals surface area (Å²) < 4.78 is 11.2. The molecule has 0 atom stereocenters. The van der Waals surface area contributed by atoms with Crippen molar-refractivity contribution in [3.8, 4) is 11.5 Å². The van der Waals surface area contributed by atoms with Gasteiger partial charge in [-0.15, -0.1) is 0 Å². The van der Waals surface area contributed by atoms with E-state index >= 15 is 0 Å². The summed E-state index contributed by atoms with van der Waals surface area (Å²) in [7, 11) is 0. The predicted molar refractivity (Wildman–Crippen MR) is 133 cm³/mol. The minimum absolute atomic E-state index is 0.00215. The van der Waals surface area contributed by atoms with E-state index in [-0.39, 0.29) is 31.8 Å². The van der Waals surface area contributed by atoms with Crippen LogP contribution in [0.25, 0.3) is 0 Å². The fraction of sp³-hybridized carbons (Fsp3) is 0.379. The molecule has 0 radical (unpaired) electrons. The Morgan fingerprint density at radius 3 is 1.55 bits per heavy atom. The second kappa shape index (κ2) is 13.0. The Bertz CT molecular complexity index is 869. The lowest BCUT2D eigenvalue weighted by molar-refractivity contribution is 0.201. The zero-order valence-electron chi connectivity index (χ0n) is 19.6. The van der Waals surface area contributed by atoms with Crippen LogP contribution in [0.1, 0.15) is 55.7 Å². The summed E-state index contributed by atoms with van der Waals surface area (Å²) in [6.07, 6.45) is 5.73. The van der Waals surface area contributed by atoms with Crippen molar-refractivity contribution in [3.05, 3.63) is 95.6 Å². The summed E-state index contributed by atoms with van der Waals surface area (Å²) >= 11 is 0. The van der Waals surface area contributed by atoms with Gasteiger partial charge in [-0.25, -0.2) is 0 Å². The van der Waals surface area contributed by atoms with Crippen molar-refractivity contribution in [1.82, 2.24) is 0 Å². The van der Waals surface area contributed by atoms with E-state index < -0.39 is 0 Å². The lowest BCUT2D eigenvalue weighted by Crippen LogP contribution is -2.29. The molecule has 0 aliphatic carbocycles. The van der Waals surface area contributed by atoms with Crippen molar-refractivity contribution in [2.24, 2.45) is 0 Å². The Morgan fingerprint density at radius 1 is 0.606 bits per heavy atom. The van der Waals surface area contributed by atoms with E-state index in [9.17, 15) is 0 Å². The predicted octanol–water partition coefficient (Wildman–Crippen LogP) is 5.73. The van der Waals surface area contributed by atoms with Crippen molar-refractivity contribution in [3.63, 3.8) is 0 Å². The van der Waals surface area contributed by atoms with Gasteiger partial charge >= 0.3 is 0 Å². The molecule has 0 aromatic heterocycles. The van der Waals surface area contributed by atoms with Gasteiger partial charge in [0.15, 0.2) is 0 Å². The Labute approximate surface area is 197 Å². The van der Waals surface area contributed by atoms with Crippen molar-refractivity contribution in [2.75, 3.05) is 26.4 Å². The fourth-order valence-corrected chi connectivity index (χ4v) is 4.47. The van der Waals surface area contributed by atoms with Crippen LogP contribution >= 0.6 is 0 Å². The number of rotatable bonds is 14. The zero-order valence-corrected chi connectivity index (χ0v) is 19.6. The van der Waals surface area contributed by atoms with Crippen LogP contribution in [0.5, 0.6) is 11.5 Å². The van der Waals surface area contributed by atoms with Crippen molar-refractivity contribution >= 4 is 0 Å². The largest absolute Gasteiger partial charge is 0.491 e. The molecule has 0 heterocycles. The minimum atomic E-state index is -0.306. The quantitative estimate of drug-likeness (QED) is 0.244. The molecular formula is C29H36O4. The van der Waals surface area contributed by atoms with Crippen LogP contribution in [0.15, 0.2) is 78.9 Å². The van der Waals surface area contributed by atoms with Crippen LogP contribution in [0.2, 0.25) is 0 Å². The molecule has 176 valence electrons. The van der Waals surface area contributed by atoms with Gasteiger partial charge in [-0.05, 0) is 47.4 Å². The molecule has 0 aliphatic heterocycles. The molecule has 4 heteroatoms. The van der Waals surface area contributed by atoms with Crippen molar-refractivity contribution in [2.45, 2.75) is 44.4 Å². The fourth-order valence-electron chi connectivity index (χ4n) is 4.47. The summed E-state index contributed by atoms with van der Waals surface area (Å²) in [4.78, 5) is 0. The highest BCUT2D eigenvalue weighted by Crippen LogP contribution is 2.44. The number of unbranched alkanes of at least 4 members (excludes halogenated alkanes) is 3. The topological polar surface area (TPSA) is 58.9 Å². The maximum atomic E-state index is 9.08. The highest BCUT2D eigenvalue weighted by Gasteiger charge is 2.35. The third-order valence-electron chi connectivity index (χ3n) is 6.09. The van der Waals surface area contributed by atoms with E-state index in [1.165, 1.54) is 36.0 Å².